The molecular weight excluding hydrogens is 310 g/mol. The van der Waals surface area contributed by atoms with E-state index in [9.17, 15) is 9.59 Å². The van der Waals surface area contributed by atoms with Crippen LogP contribution >= 0.6 is 24.0 Å². The van der Waals surface area contributed by atoms with E-state index in [1.54, 1.807) is 23.1 Å². The Balaban J connectivity index is 2.12. The van der Waals surface area contributed by atoms with Gasteiger partial charge in [0.2, 0.25) is 0 Å². The molecular formula is C14H15NO4S2. The van der Waals surface area contributed by atoms with Crippen molar-refractivity contribution < 1.29 is 18.7 Å². The van der Waals surface area contributed by atoms with Crippen LogP contribution in [-0.2, 0) is 20.9 Å². The number of nitrogens with zero attached hydrogens (tertiary/aromatic N) is 1. The van der Waals surface area contributed by atoms with Crippen molar-refractivity contribution in [2.75, 3.05) is 0 Å². The van der Waals surface area contributed by atoms with Crippen molar-refractivity contribution in [3.63, 3.8) is 0 Å². The smallest absolute Gasteiger partial charge is 0.303 e. The van der Waals surface area contributed by atoms with E-state index in [1.165, 1.54) is 18.7 Å². The summed E-state index contributed by atoms with van der Waals surface area (Å²) >= 11 is 6.46. The third-order valence-corrected chi connectivity index (χ3v) is 4.04. The molecule has 2 heterocycles. The van der Waals surface area contributed by atoms with Gasteiger partial charge in [0.15, 0.2) is 0 Å². The molecule has 1 aliphatic rings. The van der Waals surface area contributed by atoms with Gasteiger partial charge in [-0.05, 0) is 26.0 Å². The van der Waals surface area contributed by atoms with Crippen molar-refractivity contribution in [2.24, 2.45) is 0 Å². The molecule has 1 amide bonds. The lowest BCUT2D eigenvalue weighted by atomic mass is 10.3. The van der Waals surface area contributed by atoms with E-state index in [-0.39, 0.29) is 24.5 Å². The predicted octanol–water partition coefficient (Wildman–Crippen LogP) is 2.95. The highest BCUT2D eigenvalue weighted by molar-refractivity contribution is 8.26. The summed E-state index contributed by atoms with van der Waals surface area (Å²) < 4.78 is 10.9. The van der Waals surface area contributed by atoms with Crippen molar-refractivity contribution in [1.29, 1.82) is 0 Å². The lowest BCUT2D eigenvalue weighted by Crippen LogP contribution is -2.34. The van der Waals surface area contributed by atoms with E-state index in [4.69, 9.17) is 21.4 Å². The number of rotatable bonds is 4. The number of thiocarbonyl (C=S) groups is 1. The Labute approximate surface area is 132 Å². The Morgan fingerprint density at radius 2 is 2.24 bits per heavy atom. The Morgan fingerprint density at radius 1 is 1.52 bits per heavy atom. The zero-order valence-corrected chi connectivity index (χ0v) is 13.5. The molecule has 1 aliphatic heterocycles. The van der Waals surface area contributed by atoms with Crippen LogP contribution < -0.4 is 0 Å². The lowest BCUT2D eigenvalue weighted by Gasteiger charge is -2.18. The Kier molecular flexibility index (Phi) is 4.84. The van der Waals surface area contributed by atoms with Gasteiger partial charge in [-0.1, -0.05) is 24.0 Å². The quantitative estimate of drug-likeness (QED) is 0.482. The number of hydrogen-bond donors (Lipinski definition) is 0. The van der Waals surface area contributed by atoms with E-state index in [0.717, 1.165) is 0 Å². The Hall–Kier alpha value is -1.60. The van der Waals surface area contributed by atoms with Crippen molar-refractivity contribution in [3.8, 4) is 0 Å². The maximum Gasteiger partial charge on any atom is 0.303 e. The molecule has 0 bridgehead atoms. The molecule has 1 aromatic heterocycles. The number of carbonyl (C=O) groups excluding carboxylic acids is 2. The molecule has 112 valence electrons. The van der Waals surface area contributed by atoms with Gasteiger partial charge >= 0.3 is 5.97 Å². The van der Waals surface area contributed by atoms with Gasteiger partial charge in [0, 0.05) is 19.0 Å². The number of thioether (sulfide) groups is 1. The summed E-state index contributed by atoms with van der Waals surface area (Å²) in [5.74, 6) is 0.570. The number of hydrogen-bond acceptors (Lipinski definition) is 6. The molecule has 0 aromatic carbocycles. The van der Waals surface area contributed by atoms with Crippen LogP contribution in [0.3, 0.4) is 0 Å². The molecule has 0 saturated carbocycles. The van der Waals surface area contributed by atoms with Gasteiger partial charge < -0.3 is 9.15 Å². The summed E-state index contributed by atoms with van der Waals surface area (Å²) in [6.07, 6.45) is 1.65. The van der Waals surface area contributed by atoms with Crippen LogP contribution in [0.25, 0.3) is 6.08 Å². The number of ether oxygens (including phenoxy) is 1. The van der Waals surface area contributed by atoms with E-state index in [2.05, 4.69) is 0 Å². The minimum Gasteiger partial charge on any atom is -0.458 e. The number of carbonyl (C=O) groups is 2. The zero-order chi connectivity index (χ0) is 15.6. The summed E-state index contributed by atoms with van der Waals surface area (Å²) in [5, 5.41) is 0. The maximum atomic E-state index is 12.2. The van der Waals surface area contributed by atoms with E-state index >= 15 is 0 Å². The van der Waals surface area contributed by atoms with Gasteiger partial charge in [0.25, 0.3) is 5.91 Å². The second-order valence-electron chi connectivity index (χ2n) is 4.73. The van der Waals surface area contributed by atoms with Crippen molar-refractivity contribution >= 4 is 46.3 Å². The molecule has 5 nitrogen and oxygen atoms in total. The summed E-state index contributed by atoms with van der Waals surface area (Å²) in [6, 6.07) is 3.46. The van der Waals surface area contributed by atoms with Gasteiger partial charge in [0.1, 0.15) is 22.4 Å². The molecule has 0 spiro atoms. The molecule has 0 unspecified atom stereocenters. The number of furan rings is 1. The first-order valence-electron chi connectivity index (χ1n) is 6.37. The minimum atomic E-state index is -0.370. The fourth-order valence-electron chi connectivity index (χ4n) is 1.78. The molecule has 0 N–H and O–H groups in total. The van der Waals surface area contributed by atoms with Crippen LogP contribution in [0.4, 0.5) is 0 Å². The minimum absolute atomic E-state index is 0.0273. The highest BCUT2D eigenvalue weighted by atomic mass is 32.2. The van der Waals surface area contributed by atoms with E-state index in [1.807, 2.05) is 13.8 Å². The van der Waals surface area contributed by atoms with Gasteiger partial charge in [-0.15, -0.1) is 0 Å². The molecule has 7 heteroatoms. The van der Waals surface area contributed by atoms with Gasteiger partial charge in [-0.3, -0.25) is 14.5 Å². The monoisotopic (exact) mass is 325 g/mol. The van der Waals surface area contributed by atoms with Crippen molar-refractivity contribution in [2.45, 2.75) is 33.4 Å². The van der Waals surface area contributed by atoms with Crippen LogP contribution in [0, 0.1) is 0 Å². The van der Waals surface area contributed by atoms with Crippen LogP contribution in [0.1, 0.15) is 32.3 Å². The van der Waals surface area contributed by atoms with E-state index < -0.39 is 0 Å². The van der Waals surface area contributed by atoms with Crippen molar-refractivity contribution in [1.82, 2.24) is 4.90 Å². The largest absolute Gasteiger partial charge is 0.458 e. The van der Waals surface area contributed by atoms with Gasteiger partial charge in [0.05, 0.1) is 4.91 Å². The SMILES string of the molecule is CC(=O)OCc1ccc(/C=C2\SC(=S)N(C(C)C)C2=O)o1. The average molecular weight is 325 g/mol. The predicted molar refractivity (Wildman–Crippen MR) is 84.3 cm³/mol. The van der Waals surface area contributed by atoms with Crippen LogP contribution in [0.5, 0.6) is 0 Å². The van der Waals surface area contributed by atoms with Crippen LogP contribution in [-0.4, -0.2) is 27.1 Å². The molecule has 21 heavy (non-hydrogen) atoms. The molecule has 0 radical (unpaired) electrons. The topological polar surface area (TPSA) is 59.8 Å². The Bertz CT molecular complexity index is 618. The highest BCUT2D eigenvalue weighted by Crippen LogP contribution is 2.34. The number of esters is 1. The summed E-state index contributed by atoms with van der Waals surface area (Å²) in [4.78, 5) is 25.1. The zero-order valence-electron chi connectivity index (χ0n) is 11.9. The number of amides is 1. The third-order valence-electron chi connectivity index (χ3n) is 2.71. The lowest BCUT2D eigenvalue weighted by molar-refractivity contribution is -0.142. The molecule has 1 aromatic rings. The van der Waals surface area contributed by atoms with Gasteiger partial charge in [-0.2, -0.15) is 0 Å². The first kappa shape index (κ1) is 15.8. The molecule has 1 fully saturated rings. The summed E-state index contributed by atoms with van der Waals surface area (Å²) in [6.45, 7) is 5.24. The highest BCUT2D eigenvalue weighted by Gasteiger charge is 2.33. The first-order valence-corrected chi connectivity index (χ1v) is 7.60. The molecule has 0 atom stereocenters. The van der Waals surface area contributed by atoms with Crippen LogP contribution in [0.15, 0.2) is 21.5 Å². The second kappa shape index (κ2) is 6.44. The molecule has 2 rings (SSSR count). The Morgan fingerprint density at radius 3 is 2.81 bits per heavy atom. The fraction of sp³-hybridized carbons (Fsp3) is 0.357. The fourth-order valence-corrected chi connectivity index (χ4v) is 3.28. The average Bonchev–Trinajstić information content (AvgIpc) is 2.93. The second-order valence-corrected chi connectivity index (χ2v) is 6.41. The normalized spacial score (nSPS) is 17.1. The molecule has 1 saturated heterocycles. The third kappa shape index (κ3) is 3.74. The molecule has 0 aliphatic carbocycles. The summed E-state index contributed by atoms with van der Waals surface area (Å²) in [5.41, 5.74) is 0. The standard InChI is InChI=1S/C14H15NO4S2/c1-8(2)15-13(17)12(21-14(15)20)6-10-4-5-11(19-10)7-18-9(3)16/h4-6,8H,7H2,1-3H3/b12-6-. The van der Waals surface area contributed by atoms with Gasteiger partial charge in [-0.25, -0.2) is 0 Å². The van der Waals surface area contributed by atoms with Crippen LogP contribution in [0.2, 0.25) is 0 Å². The van der Waals surface area contributed by atoms with Crippen molar-refractivity contribution in [3.05, 3.63) is 28.6 Å². The summed E-state index contributed by atoms with van der Waals surface area (Å²) in [7, 11) is 0. The first-order chi connectivity index (χ1) is 9.88. The van der Waals surface area contributed by atoms with E-state index in [0.29, 0.717) is 20.7 Å². The maximum absolute atomic E-state index is 12.2.